The Morgan fingerprint density at radius 2 is 1.85 bits per heavy atom. The number of hydrogen-bond donors (Lipinski definition) is 0. The van der Waals surface area contributed by atoms with Gasteiger partial charge in [0.15, 0.2) is 0 Å². The topological polar surface area (TPSA) is 38.1 Å². The molecular weight excluding hydrogens is 406 g/mol. The minimum atomic E-state index is 0.0143. The number of ketones is 1. The van der Waals surface area contributed by atoms with E-state index in [4.69, 9.17) is 4.98 Å². The molecule has 0 N–H and O–H groups in total. The van der Waals surface area contributed by atoms with E-state index in [1.165, 1.54) is 22.3 Å². The molecule has 2 heterocycles. The molecule has 0 bridgehead atoms. The molecule has 0 radical (unpaired) electrons. The van der Waals surface area contributed by atoms with Crippen LogP contribution in [0.3, 0.4) is 0 Å². The monoisotopic (exact) mass is 439 g/mol. The Labute approximate surface area is 196 Å². The van der Waals surface area contributed by atoms with E-state index in [0.717, 1.165) is 30.5 Å². The van der Waals surface area contributed by atoms with Crippen molar-refractivity contribution in [3.8, 4) is 0 Å². The van der Waals surface area contributed by atoms with Gasteiger partial charge in [0.1, 0.15) is 11.4 Å². The highest BCUT2D eigenvalue weighted by Crippen LogP contribution is 2.35. The highest BCUT2D eigenvalue weighted by Gasteiger charge is 2.23. The third-order valence-corrected chi connectivity index (χ3v) is 6.17. The maximum absolute atomic E-state index is 13.1. The van der Waals surface area contributed by atoms with Gasteiger partial charge in [-0.2, -0.15) is 0 Å². The van der Waals surface area contributed by atoms with Crippen LogP contribution in [0.25, 0.3) is 11.0 Å². The van der Waals surface area contributed by atoms with Gasteiger partial charge in [-0.3, -0.25) is 4.79 Å². The van der Waals surface area contributed by atoms with Gasteiger partial charge in [0.2, 0.25) is 0 Å². The molecule has 33 heavy (non-hydrogen) atoms. The smallest absolute Gasteiger partial charge is 0.140 e. The lowest BCUT2D eigenvalue weighted by atomic mass is 9.86. The summed E-state index contributed by atoms with van der Waals surface area (Å²) in [6, 6.07) is 23.2. The zero-order valence-corrected chi connectivity index (χ0v) is 19.9. The van der Waals surface area contributed by atoms with Crippen LogP contribution in [0.1, 0.15) is 47.4 Å². The van der Waals surface area contributed by atoms with Gasteiger partial charge in [0, 0.05) is 43.1 Å². The van der Waals surface area contributed by atoms with Crippen molar-refractivity contribution in [1.82, 2.24) is 14.5 Å². The van der Waals surface area contributed by atoms with Crippen molar-refractivity contribution in [3.05, 3.63) is 101 Å². The van der Waals surface area contributed by atoms with Crippen molar-refractivity contribution in [2.45, 2.75) is 38.6 Å². The van der Waals surface area contributed by atoms with E-state index in [1.54, 1.807) is 0 Å². The van der Waals surface area contributed by atoms with Gasteiger partial charge in [-0.25, -0.2) is 4.98 Å². The number of carbonyl (C=O) groups is 1. The molecule has 4 rings (SSSR count). The lowest BCUT2D eigenvalue weighted by molar-refractivity contribution is -0.119. The van der Waals surface area contributed by atoms with E-state index in [9.17, 15) is 4.79 Å². The van der Waals surface area contributed by atoms with Crippen LogP contribution in [0.5, 0.6) is 0 Å². The first-order valence-electron chi connectivity index (χ1n) is 11.7. The van der Waals surface area contributed by atoms with Gasteiger partial charge in [-0.1, -0.05) is 60.2 Å². The van der Waals surface area contributed by atoms with Crippen LogP contribution in [0.2, 0.25) is 0 Å². The second-order valence-electron chi connectivity index (χ2n) is 9.19. The number of fused-ring (bicyclic) bond motifs is 1. The molecule has 4 aromatic rings. The summed E-state index contributed by atoms with van der Waals surface area (Å²) in [5, 5.41) is 1.13. The molecule has 4 nitrogen and oxygen atoms in total. The van der Waals surface area contributed by atoms with Crippen molar-refractivity contribution in [1.29, 1.82) is 0 Å². The van der Waals surface area contributed by atoms with Gasteiger partial charge in [0.05, 0.1) is 0 Å². The Bertz CT molecular complexity index is 1210. The fraction of sp³-hybridized carbons (Fsp3) is 0.310. The van der Waals surface area contributed by atoms with Gasteiger partial charge in [-0.05, 0) is 62.8 Å². The predicted octanol–water partition coefficient (Wildman–Crippen LogP) is 5.83. The number of hydrogen-bond acceptors (Lipinski definition) is 3. The molecule has 4 heteroatoms. The van der Waals surface area contributed by atoms with Gasteiger partial charge >= 0.3 is 0 Å². The third kappa shape index (κ3) is 5.77. The summed E-state index contributed by atoms with van der Waals surface area (Å²) in [7, 11) is 4.10. The van der Waals surface area contributed by atoms with E-state index in [2.05, 4.69) is 91.3 Å². The molecule has 1 atom stereocenters. The van der Waals surface area contributed by atoms with E-state index < -0.39 is 0 Å². The van der Waals surface area contributed by atoms with Crippen molar-refractivity contribution >= 4 is 16.8 Å². The minimum absolute atomic E-state index is 0.0143. The first kappa shape index (κ1) is 22.9. The first-order valence-corrected chi connectivity index (χ1v) is 11.7. The molecule has 0 spiro atoms. The van der Waals surface area contributed by atoms with E-state index in [-0.39, 0.29) is 5.92 Å². The van der Waals surface area contributed by atoms with E-state index in [1.807, 2.05) is 18.3 Å². The molecule has 0 amide bonds. The highest BCUT2D eigenvalue weighted by molar-refractivity contribution is 5.85. The quantitative estimate of drug-likeness (QED) is 0.312. The van der Waals surface area contributed by atoms with Gasteiger partial charge < -0.3 is 9.47 Å². The lowest BCUT2D eigenvalue weighted by Gasteiger charge is -2.18. The molecule has 0 aliphatic carbocycles. The molecule has 0 aliphatic heterocycles. The normalized spacial score (nSPS) is 12.4. The maximum atomic E-state index is 13.1. The van der Waals surface area contributed by atoms with Crippen LogP contribution in [-0.4, -0.2) is 40.9 Å². The molecular formula is C29H33N3O. The summed E-state index contributed by atoms with van der Waals surface area (Å²) in [4.78, 5) is 19.9. The number of pyridine rings is 1. The summed E-state index contributed by atoms with van der Waals surface area (Å²) < 4.78 is 2.22. The third-order valence-electron chi connectivity index (χ3n) is 6.17. The second-order valence-corrected chi connectivity index (χ2v) is 9.19. The Kier molecular flexibility index (Phi) is 7.36. The first-order chi connectivity index (χ1) is 16.0. The second kappa shape index (κ2) is 10.6. The predicted molar refractivity (Wildman–Crippen MR) is 136 cm³/mol. The molecule has 0 saturated carbocycles. The van der Waals surface area contributed by atoms with Crippen molar-refractivity contribution < 1.29 is 4.79 Å². The zero-order chi connectivity index (χ0) is 23.2. The molecule has 1 unspecified atom stereocenters. The summed E-state index contributed by atoms with van der Waals surface area (Å²) in [5.74, 6) is 0.330. The van der Waals surface area contributed by atoms with Crippen LogP contribution in [0.4, 0.5) is 0 Å². The molecule has 0 fully saturated rings. The number of benzene rings is 2. The summed E-state index contributed by atoms with van der Waals surface area (Å²) in [6.07, 6.45) is 6.08. The number of aryl methyl sites for hydroxylation is 1. The van der Waals surface area contributed by atoms with Crippen LogP contribution >= 0.6 is 0 Å². The molecule has 2 aromatic heterocycles. The highest BCUT2D eigenvalue weighted by atomic mass is 16.1. The Hall–Kier alpha value is -3.24. The molecule has 0 saturated heterocycles. The van der Waals surface area contributed by atoms with Gasteiger partial charge in [-0.15, -0.1) is 0 Å². The maximum Gasteiger partial charge on any atom is 0.140 e. The average molecular weight is 440 g/mol. The lowest BCUT2D eigenvalue weighted by Crippen LogP contribution is -2.15. The Morgan fingerprint density at radius 3 is 2.61 bits per heavy atom. The molecule has 0 aliphatic rings. The van der Waals surface area contributed by atoms with Crippen LogP contribution < -0.4 is 0 Å². The van der Waals surface area contributed by atoms with Crippen LogP contribution in [0, 0.1) is 6.92 Å². The van der Waals surface area contributed by atoms with Crippen molar-refractivity contribution in [2.75, 3.05) is 20.6 Å². The number of aromatic nitrogens is 2. The standard InChI is InChI=1S/C29H33N3O/c1-22-10-7-13-24(18-22)27(19-25(33)14-9-17-31(2)3)28-21-32(20-23-11-5-4-6-12-23)29-26(28)15-8-16-30-29/h4-8,10-13,15-16,18,21,27H,9,14,17,19-20H2,1-3H3. The fourth-order valence-corrected chi connectivity index (χ4v) is 4.54. The van der Waals surface area contributed by atoms with Gasteiger partial charge in [0.25, 0.3) is 0 Å². The van der Waals surface area contributed by atoms with Crippen molar-refractivity contribution in [2.24, 2.45) is 0 Å². The Morgan fingerprint density at radius 1 is 1.03 bits per heavy atom. The largest absolute Gasteiger partial charge is 0.328 e. The summed E-state index contributed by atoms with van der Waals surface area (Å²) >= 11 is 0. The number of rotatable bonds is 10. The van der Waals surface area contributed by atoms with Crippen molar-refractivity contribution in [3.63, 3.8) is 0 Å². The molecule has 170 valence electrons. The molecule has 2 aromatic carbocycles. The number of Topliss-reactive ketones (excluding diaryl/α,β-unsaturated/α-hetero) is 1. The number of nitrogens with zero attached hydrogens (tertiary/aromatic N) is 3. The van der Waals surface area contributed by atoms with E-state index >= 15 is 0 Å². The number of carbonyl (C=O) groups excluding carboxylic acids is 1. The van der Waals surface area contributed by atoms with Crippen LogP contribution in [-0.2, 0) is 11.3 Å². The Balaban J connectivity index is 1.72. The van der Waals surface area contributed by atoms with E-state index in [0.29, 0.717) is 18.6 Å². The minimum Gasteiger partial charge on any atom is -0.328 e. The fourth-order valence-electron chi connectivity index (χ4n) is 4.54. The average Bonchev–Trinajstić information content (AvgIpc) is 3.16. The SMILES string of the molecule is Cc1cccc(C(CC(=O)CCCN(C)C)c2cn(Cc3ccccc3)c3ncccc23)c1. The summed E-state index contributed by atoms with van der Waals surface area (Å²) in [6.45, 7) is 3.80. The van der Waals surface area contributed by atoms with Crippen LogP contribution in [0.15, 0.2) is 79.1 Å². The zero-order valence-electron chi connectivity index (χ0n) is 19.9. The summed E-state index contributed by atoms with van der Waals surface area (Å²) in [5.41, 5.74) is 5.79.